The number of hydrogen-bond acceptors (Lipinski definition) is 3. The van der Waals surface area contributed by atoms with Crippen molar-refractivity contribution < 1.29 is 0 Å². The quantitative estimate of drug-likeness (QED) is 0.625. The highest BCUT2D eigenvalue weighted by Crippen LogP contribution is 2.45. The van der Waals surface area contributed by atoms with Crippen molar-refractivity contribution in [3.63, 3.8) is 0 Å². The molecule has 2 aliphatic rings. The Balaban J connectivity index is 2.02. The number of thioether (sulfide) groups is 2. The lowest BCUT2D eigenvalue weighted by Crippen LogP contribution is -2.40. The molecule has 1 nitrogen and oxygen atoms in total. The molecular formula is C8H15NS2. The van der Waals surface area contributed by atoms with Crippen molar-refractivity contribution in [1.29, 1.82) is 0 Å². The van der Waals surface area contributed by atoms with Gasteiger partial charge in [0.05, 0.1) is 4.87 Å². The van der Waals surface area contributed by atoms with Crippen molar-refractivity contribution in [1.82, 2.24) is 5.32 Å². The minimum absolute atomic E-state index is 0.462. The van der Waals surface area contributed by atoms with E-state index in [0.717, 1.165) is 11.3 Å². The van der Waals surface area contributed by atoms with Crippen LogP contribution in [-0.2, 0) is 0 Å². The summed E-state index contributed by atoms with van der Waals surface area (Å²) in [6.45, 7) is 4.63. The van der Waals surface area contributed by atoms with Crippen molar-refractivity contribution in [2.45, 2.75) is 36.4 Å². The first-order valence-electron chi connectivity index (χ1n) is 4.23. The Morgan fingerprint density at radius 3 is 2.73 bits per heavy atom. The molecule has 1 spiro atoms. The molecule has 0 radical (unpaired) electrons. The molecule has 2 heterocycles. The molecule has 3 unspecified atom stereocenters. The summed E-state index contributed by atoms with van der Waals surface area (Å²) < 4.78 is 0. The minimum atomic E-state index is 0.462. The molecule has 2 saturated heterocycles. The van der Waals surface area contributed by atoms with Crippen LogP contribution in [0.4, 0.5) is 0 Å². The maximum Gasteiger partial charge on any atom is 0.0750 e. The molecule has 0 aromatic heterocycles. The van der Waals surface area contributed by atoms with Gasteiger partial charge >= 0.3 is 0 Å². The van der Waals surface area contributed by atoms with Crippen LogP contribution < -0.4 is 5.32 Å². The van der Waals surface area contributed by atoms with Crippen molar-refractivity contribution in [2.24, 2.45) is 0 Å². The Bertz CT molecular complexity index is 142. The van der Waals surface area contributed by atoms with Crippen molar-refractivity contribution in [3.8, 4) is 0 Å². The fraction of sp³-hybridized carbons (Fsp3) is 1.00. The van der Waals surface area contributed by atoms with Crippen LogP contribution in [0, 0.1) is 0 Å². The summed E-state index contributed by atoms with van der Waals surface area (Å²) in [7, 11) is 0. The maximum atomic E-state index is 3.70. The van der Waals surface area contributed by atoms with E-state index in [2.05, 4.69) is 42.7 Å². The van der Waals surface area contributed by atoms with Gasteiger partial charge in [-0.25, -0.2) is 0 Å². The predicted octanol–water partition coefficient (Wildman–Crippen LogP) is 1.93. The van der Waals surface area contributed by atoms with Crippen LogP contribution in [0.1, 0.15) is 20.3 Å². The van der Waals surface area contributed by atoms with Crippen molar-refractivity contribution >= 4 is 23.5 Å². The van der Waals surface area contributed by atoms with Gasteiger partial charge in [-0.05, 0) is 13.3 Å². The smallest absolute Gasteiger partial charge is 0.0750 e. The topological polar surface area (TPSA) is 12.0 Å². The van der Waals surface area contributed by atoms with E-state index < -0.39 is 0 Å². The second kappa shape index (κ2) is 2.86. The number of nitrogens with one attached hydrogen (secondary N) is 1. The maximum absolute atomic E-state index is 3.70. The molecule has 0 aliphatic carbocycles. The lowest BCUT2D eigenvalue weighted by atomic mass is 10.2. The van der Waals surface area contributed by atoms with Crippen molar-refractivity contribution in [2.75, 3.05) is 11.5 Å². The molecule has 3 atom stereocenters. The Kier molecular flexibility index (Phi) is 2.15. The van der Waals surface area contributed by atoms with Crippen LogP contribution >= 0.6 is 23.5 Å². The molecule has 2 aliphatic heterocycles. The van der Waals surface area contributed by atoms with E-state index in [1.54, 1.807) is 0 Å². The Morgan fingerprint density at radius 1 is 1.45 bits per heavy atom. The zero-order valence-electron chi connectivity index (χ0n) is 7.09. The third kappa shape index (κ3) is 1.56. The first-order chi connectivity index (χ1) is 5.20. The highest BCUT2D eigenvalue weighted by molar-refractivity contribution is 8.05. The normalized spacial score (nSPS) is 50.7. The third-order valence-electron chi connectivity index (χ3n) is 2.34. The first-order valence-corrected chi connectivity index (χ1v) is 6.27. The first kappa shape index (κ1) is 8.27. The lowest BCUT2D eigenvalue weighted by molar-refractivity contribution is 0.478. The highest BCUT2D eigenvalue weighted by atomic mass is 32.2. The van der Waals surface area contributed by atoms with Crippen LogP contribution in [0.5, 0.6) is 0 Å². The summed E-state index contributed by atoms with van der Waals surface area (Å²) >= 11 is 4.24. The second-order valence-electron chi connectivity index (χ2n) is 3.68. The Morgan fingerprint density at radius 2 is 2.27 bits per heavy atom. The van der Waals surface area contributed by atoms with Gasteiger partial charge in [0, 0.05) is 22.8 Å². The van der Waals surface area contributed by atoms with Crippen molar-refractivity contribution in [3.05, 3.63) is 0 Å². The predicted molar refractivity (Wildman–Crippen MR) is 54.3 cm³/mol. The summed E-state index contributed by atoms with van der Waals surface area (Å²) in [4.78, 5) is 0.462. The molecule has 0 aromatic rings. The van der Waals surface area contributed by atoms with Gasteiger partial charge in [-0.15, -0.1) is 11.8 Å². The van der Waals surface area contributed by atoms with E-state index in [9.17, 15) is 0 Å². The average Bonchev–Trinajstić information content (AvgIpc) is 2.44. The summed E-state index contributed by atoms with van der Waals surface area (Å²) in [6.07, 6.45) is 1.35. The van der Waals surface area contributed by atoms with Gasteiger partial charge in [-0.1, -0.05) is 6.92 Å². The van der Waals surface area contributed by atoms with E-state index in [-0.39, 0.29) is 0 Å². The number of rotatable bonds is 0. The van der Waals surface area contributed by atoms with Gasteiger partial charge in [0.1, 0.15) is 0 Å². The second-order valence-corrected chi connectivity index (χ2v) is 6.51. The molecule has 0 amide bonds. The van der Waals surface area contributed by atoms with E-state index in [1.165, 1.54) is 17.9 Å². The molecule has 11 heavy (non-hydrogen) atoms. The molecule has 64 valence electrons. The summed E-state index contributed by atoms with van der Waals surface area (Å²) in [5, 5.41) is 4.56. The highest BCUT2D eigenvalue weighted by Gasteiger charge is 2.42. The molecule has 1 N–H and O–H groups in total. The van der Waals surface area contributed by atoms with Crippen LogP contribution in [0.3, 0.4) is 0 Å². The monoisotopic (exact) mass is 189 g/mol. The van der Waals surface area contributed by atoms with E-state index in [0.29, 0.717) is 4.87 Å². The van der Waals surface area contributed by atoms with Gasteiger partial charge in [0.15, 0.2) is 0 Å². The Hall–Kier alpha value is 0.660. The van der Waals surface area contributed by atoms with Crippen LogP contribution in [0.25, 0.3) is 0 Å². The van der Waals surface area contributed by atoms with Crippen LogP contribution in [-0.4, -0.2) is 27.7 Å². The average molecular weight is 189 g/mol. The number of hydrogen-bond donors (Lipinski definition) is 1. The summed E-state index contributed by atoms with van der Waals surface area (Å²) in [5.74, 6) is 2.61. The van der Waals surface area contributed by atoms with Gasteiger partial charge in [-0.2, -0.15) is 11.8 Å². The van der Waals surface area contributed by atoms with E-state index >= 15 is 0 Å². The minimum Gasteiger partial charge on any atom is -0.299 e. The van der Waals surface area contributed by atoms with Crippen LogP contribution in [0.2, 0.25) is 0 Å². The zero-order chi connectivity index (χ0) is 7.90. The lowest BCUT2D eigenvalue weighted by Gasteiger charge is -2.22. The fourth-order valence-corrected chi connectivity index (χ4v) is 4.98. The van der Waals surface area contributed by atoms with Gasteiger partial charge in [0.25, 0.3) is 0 Å². The third-order valence-corrected chi connectivity index (χ3v) is 5.56. The molecule has 0 aromatic carbocycles. The van der Waals surface area contributed by atoms with Gasteiger partial charge in [-0.3, -0.25) is 5.32 Å². The molecule has 0 saturated carbocycles. The van der Waals surface area contributed by atoms with Gasteiger partial charge in [0.2, 0.25) is 0 Å². The van der Waals surface area contributed by atoms with Crippen LogP contribution in [0.15, 0.2) is 0 Å². The fourth-order valence-electron chi connectivity index (χ4n) is 1.88. The van der Waals surface area contributed by atoms with E-state index in [4.69, 9.17) is 0 Å². The largest absolute Gasteiger partial charge is 0.299 e. The molecule has 0 bridgehead atoms. The molecule has 3 heteroatoms. The standard InChI is InChI=1S/C8H15NS2/c1-6-4-11-8(9-6)3-7(2)10-5-8/h6-7,9H,3-5H2,1-2H3. The molecule has 2 fully saturated rings. The summed E-state index contributed by atoms with van der Waals surface area (Å²) in [5.41, 5.74) is 0. The SMILES string of the molecule is CC1CSC2(CSC(C)C2)N1. The van der Waals surface area contributed by atoms with Gasteiger partial charge < -0.3 is 0 Å². The Labute approximate surface area is 77.1 Å². The van der Waals surface area contributed by atoms with E-state index in [1.807, 2.05) is 0 Å². The molecular weight excluding hydrogens is 174 g/mol. The summed E-state index contributed by atoms with van der Waals surface area (Å²) in [6, 6.07) is 0.728. The molecule has 2 rings (SSSR count). The zero-order valence-corrected chi connectivity index (χ0v) is 8.73.